The lowest BCUT2D eigenvalue weighted by Crippen LogP contribution is -1.98. The van der Waals surface area contributed by atoms with Crippen molar-refractivity contribution in [2.24, 2.45) is 0 Å². The predicted octanol–water partition coefficient (Wildman–Crippen LogP) is 1.90. The van der Waals surface area contributed by atoms with Crippen LogP contribution in [0.5, 0.6) is 0 Å². The fraction of sp³-hybridized carbons (Fsp3) is 0.182. The predicted molar refractivity (Wildman–Crippen MR) is 52.1 cm³/mol. The van der Waals surface area contributed by atoms with E-state index >= 15 is 0 Å². The van der Waals surface area contributed by atoms with Crippen molar-refractivity contribution in [1.82, 2.24) is 9.55 Å². The number of nitrogens with zero attached hydrogens (tertiary/aromatic N) is 2. The summed E-state index contributed by atoms with van der Waals surface area (Å²) >= 11 is 0. The van der Waals surface area contributed by atoms with E-state index in [4.69, 9.17) is 4.74 Å². The van der Waals surface area contributed by atoms with Crippen LogP contribution in [-0.2, 0) is 18.0 Å². The lowest BCUT2D eigenvalue weighted by atomic mass is 10.2. The van der Waals surface area contributed by atoms with Crippen molar-refractivity contribution in [2.45, 2.75) is 13.2 Å². The number of aromatic nitrogens is 2. The lowest BCUT2D eigenvalue weighted by Gasteiger charge is -2.06. The second kappa shape index (κ2) is 2.96. The van der Waals surface area contributed by atoms with Crippen LogP contribution in [0.2, 0.25) is 0 Å². The third kappa shape index (κ3) is 1.06. The monoisotopic (exact) mass is 186 g/mol. The summed E-state index contributed by atoms with van der Waals surface area (Å²) in [5, 5.41) is 0. The van der Waals surface area contributed by atoms with Gasteiger partial charge in [0, 0.05) is 18.0 Å². The summed E-state index contributed by atoms with van der Waals surface area (Å²) in [6, 6.07) is 8.25. The van der Waals surface area contributed by atoms with Gasteiger partial charge in [0.2, 0.25) is 0 Å². The Balaban J connectivity index is 2.27. The molecule has 14 heavy (non-hydrogen) atoms. The standard InChI is InChI=1S/C11H10N2O/c1-2-4-10-9(3-1)7-14-8-11-12-5-6-13(10)11/h1-6H,7-8H2. The van der Waals surface area contributed by atoms with Crippen LogP contribution in [0.4, 0.5) is 0 Å². The molecule has 0 unspecified atom stereocenters. The molecule has 0 bridgehead atoms. The quantitative estimate of drug-likeness (QED) is 0.628. The lowest BCUT2D eigenvalue weighted by molar-refractivity contribution is 0.105. The molecular weight excluding hydrogens is 176 g/mol. The third-order valence-corrected chi connectivity index (χ3v) is 2.46. The molecule has 3 rings (SSSR count). The molecule has 0 fully saturated rings. The number of benzene rings is 1. The Morgan fingerprint density at radius 1 is 1.21 bits per heavy atom. The van der Waals surface area contributed by atoms with Crippen molar-refractivity contribution < 1.29 is 4.74 Å². The van der Waals surface area contributed by atoms with Crippen molar-refractivity contribution in [1.29, 1.82) is 0 Å². The van der Waals surface area contributed by atoms with E-state index in [-0.39, 0.29) is 0 Å². The molecule has 0 spiro atoms. The van der Waals surface area contributed by atoms with Crippen molar-refractivity contribution in [3.8, 4) is 5.69 Å². The zero-order valence-electron chi connectivity index (χ0n) is 7.68. The maximum absolute atomic E-state index is 5.52. The number of para-hydroxylation sites is 1. The highest BCUT2D eigenvalue weighted by Gasteiger charge is 2.12. The Bertz CT molecular complexity index is 462. The first kappa shape index (κ1) is 7.76. The molecule has 1 aliphatic rings. The molecular formula is C11H10N2O. The van der Waals surface area contributed by atoms with Crippen LogP contribution in [0.25, 0.3) is 5.69 Å². The fourth-order valence-electron chi connectivity index (χ4n) is 1.78. The van der Waals surface area contributed by atoms with E-state index in [1.54, 1.807) is 6.20 Å². The van der Waals surface area contributed by atoms with E-state index in [0.29, 0.717) is 13.2 Å². The molecule has 2 aromatic rings. The van der Waals surface area contributed by atoms with E-state index in [0.717, 1.165) is 5.82 Å². The second-order valence-electron chi connectivity index (χ2n) is 3.33. The van der Waals surface area contributed by atoms with Crippen LogP contribution in [0, 0.1) is 0 Å². The molecule has 0 amide bonds. The first-order chi connectivity index (χ1) is 6.95. The minimum Gasteiger partial charge on any atom is -0.369 e. The van der Waals surface area contributed by atoms with Gasteiger partial charge < -0.3 is 9.30 Å². The van der Waals surface area contributed by atoms with Gasteiger partial charge in [-0.2, -0.15) is 0 Å². The summed E-state index contributed by atoms with van der Waals surface area (Å²) in [7, 11) is 0. The van der Waals surface area contributed by atoms with Gasteiger partial charge in [0.15, 0.2) is 0 Å². The Labute approximate surface area is 82.0 Å². The van der Waals surface area contributed by atoms with Gasteiger partial charge in [-0.25, -0.2) is 4.98 Å². The zero-order chi connectivity index (χ0) is 9.38. The van der Waals surface area contributed by atoms with Gasteiger partial charge in [-0.3, -0.25) is 0 Å². The SMILES string of the molecule is c1ccc2c(c1)COCc1nccn1-2. The molecule has 1 aromatic carbocycles. The molecule has 70 valence electrons. The van der Waals surface area contributed by atoms with Gasteiger partial charge in [-0.05, 0) is 6.07 Å². The number of fused-ring (bicyclic) bond motifs is 3. The minimum absolute atomic E-state index is 0.585. The summed E-state index contributed by atoms with van der Waals surface area (Å²) in [5.41, 5.74) is 2.39. The summed E-state index contributed by atoms with van der Waals surface area (Å²) < 4.78 is 7.61. The van der Waals surface area contributed by atoms with E-state index in [9.17, 15) is 0 Å². The maximum atomic E-state index is 5.52. The van der Waals surface area contributed by atoms with Crippen LogP contribution >= 0.6 is 0 Å². The highest BCUT2D eigenvalue weighted by atomic mass is 16.5. The van der Waals surface area contributed by atoms with Crippen LogP contribution in [0.3, 0.4) is 0 Å². The Morgan fingerprint density at radius 3 is 3.14 bits per heavy atom. The van der Waals surface area contributed by atoms with Crippen molar-refractivity contribution >= 4 is 0 Å². The molecule has 0 saturated heterocycles. The maximum Gasteiger partial charge on any atom is 0.139 e. The molecule has 1 aromatic heterocycles. The number of hydrogen-bond donors (Lipinski definition) is 0. The fourth-order valence-corrected chi connectivity index (χ4v) is 1.78. The summed E-state index contributed by atoms with van der Waals surface area (Å²) in [4.78, 5) is 4.25. The van der Waals surface area contributed by atoms with E-state index in [1.807, 2.05) is 18.3 Å². The van der Waals surface area contributed by atoms with Crippen molar-refractivity contribution in [3.05, 3.63) is 48.0 Å². The Kier molecular flexibility index (Phi) is 1.64. The van der Waals surface area contributed by atoms with Gasteiger partial charge in [0.1, 0.15) is 12.4 Å². The molecule has 3 nitrogen and oxygen atoms in total. The molecule has 0 radical (unpaired) electrons. The van der Waals surface area contributed by atoms with Crippen LogP contribution in [-0.4, -0.2) is 9.55 Å². The normalized spacial score (nSPS) is 14.3. The second-order valence-corrected chi connectivity index (χ2v) is 3.33. The summed E-state index contributed by atoms with van der Waals surface area (Å²) in [5.74, 6) is 0.968. The van der Waals surface area contributed by atoms with Gasteiger partial charge in [0.25, 0.3) is 0 Å². The molecule has 3 heteroatoms. The van der Waals surface area contributed by atoms with Crippen molar-refractivity contribution in [3.63, 3.8) is 0 Å². The minimum atomic E-state index is 0.585. The van der Waals surface area contributed by atoms with Gasteiger partial charge in [0.05, 0.1) is 12.3 Å². The highest BCUT2D eigenvalue weighted by molar-refractivity contribution is 5.42. The first-order valence-corrected chi connectivity index (χ1v) is 4.63. The number of hydrogen-bond acceptors (Lipinski definition) is 2. The van der Waals surface area contributed by atoms with E-state index in [1.165, 1.54) is 11.3 Å². The van der Waals surface area contributed by atoms with Gasteiger partial charge in [-0.1, -0.05) is 18.2 Å². The summed E-state index contributed by atoms with van der Waals surface area (Å²) in [6.45, 7) is 1.25. The molecule has 2 heterocycles. The van der Waals surface area contributed by atoms with Crippen LogP contribution < -0.4 is 0 Å². The number of imidazole rings is 1. The molecule has 0 aliphatic carbocycles. The zero-order valence-corrected chi connectivity index (χ0v) is 7.68. The highest BCUT2D eigenvalue weighted by Crippen LogP contribution is 2.21. The number of ether oxygens (including phenoxy) is 1. The topological polar surface area (TPSA) is 27.1 Å². The number of rotatable bonds is 0. The van der Waals surface area contributed by atoms with Gasteiger partial charge in [-0.15, -0.1) is 0 Å². The van der Waals surface area contributed by atoms with Crippen LogP contribution in [0.15, 0.2) is 36.7 Å². The average Bonchev–Trinajstić information content (AvgIpc) is 2.61. The Hall–Kier alpha value is -1.61. The summed E-state index contributed by atoms with van der Waals surface area (Å²) in [6.07, 6.45) is 3.78. The largest absolute Gasteiger partial charge is 0.369 e. The van der Waals surface area contributed by atoms with Crippen LogP contribution in [0.1, 0.15) is 11.4 Å². The molecule has 0 saturated carbocycles. The molecule has 0 N–H and O–H groups in total. The van der Waals surface area contributed by atoms with E-state index < -0.39 is 0 Å². The smallest absolute Gasteiger partial charge is 0.139 e. The third-order valence-electron chi connectivity index (χ3n) is 2.46. The Morgan fingerprint density at radius 2 is 2.14 bits per heavy atom. The van der Waals surface area contributed by atoms with Crippen molar-refractivity contribution in [2.75, 3.05) is 0 Å². The molecule has 0 atom stereocenters. The molecule has 1 aliphatic heterocycles. The first-order valence-electron chi connectivity index (χ1n) is 4.63. The average molecular weight is 186 g/mol. The van der Waals surface area contributed by atoms with Gasteiger partial charge >= 0.3 is 0 Å². The van der Waals surface area contributed by atoms with E-state index in [2.05, 4.69) is 21.7 Å².